The van der Waals surface area contributed by atoms with Crippen molar-refractivity contribution >= 4 is 0 Å². The molecule has 1 fully saturated rings. The van der Waals surface area contributed by atoms with Crippen molar-refractivity contribution in [3.05, 3.63) is 29.8 Å². The van der Waals surface area contributed by atoms with Crippen LogP contribution in [0.4, 0.5) is 0 Å². The Bertz CT molecular complexity index is 392. The lowest BCUT2D eigenvalue weighted by Gasteiger charge is -2.40. The van der Waals surface area contributed by atoms with Crippen LogP contribution in [0.2, 0.25) is 0 Å². The van der Waals surface area contributed by atoms with Gasteiger partial charge < -0.3 is 10.5 Å². The average Bonchev–Trinajstić information content (AvgIpc) is 2.26. The van der Waals surface area contributed by atoms with Crippen LogP contribution in [0.15, 0.2) is 24.3 Å². The molecule has 0 saturated heterocycles. The SMILES string of the molecule is COc1cccc(CC2(N)CC(C)CC(C)C2)c1. The normalized spacial score (nSPS) is 32.2. The predicted molar refractivity (Wildman–Crippen MR) is 75.8 cm³/mol. The zero-order valence-electron chi connectivity index (χ0n) is 11.8. The molecule has 2 unspecified atom stereocenters. The molecule has 1 saturated carbocycles. The molecule has 18 heavy (non-hydrogen) atoms. The maximum atomic E-state index is 6.62. The zero-order chi connectivity index (χ0) is 13.2. The van der Waals surface area contributed by atoms with Crippen molar-refractivity contribution in [3.8, 4) is 5.75 Å². The van der Waals surface area contributed by atoms with Gasteiger partial charge in [0.1, 0.15) is 5.75 Å². The lowest BCUT2D eigenvalue weighted by atomic mass is 9.70. The molecule has 2 rings (SSSR count). The summed E-state index contributed by atoms with van der Waals surface area (Å²) in [5.74, 6) is 2.40. The van der Waals surface area contributed by atoms with Gasteiger partial charge in [-0.3, -0.25) is 0 Å². The fourth-order valence-electron chi connectivity index (χ4n) is 3.66. The van der Waals surface area contributed by atoms with Gasteiger partial charge in [-0.05, 0) is 55.2 Å². The van der Waals surface area contributed by atoms with Crippen LogP contribution in [0.1, 0.15) is 38.7 Å². The second-order valence-electron chi connectivity index (χ2n) is 6.24. The van der Waals surface area contributed by atoms with E-state index in [1.807, 2.05) is 12.1 Å². The van der Waals surface area contributed by atoms with Gasteiger partial charge in [0.15, 0.2) is 0 Å². The maximum absolute atomic E-state index is 6.62. The molecular weight excluding hydrogens is 222 g/mol. The van der Waals surface area contributed by atoms with E-state index in [2.05, 4.69) is 26.0 Å². The average molecular weight is 247 g/mol. The summed E-state index contributed by atoms with van der Waals surface area (Å²) in [5, 5.41) is 0. The van der Waals surface area contributed by atoms with Crippen molar-refractivity contribution in [2.24, 2.45) is 17.6 Å². The number of hydrogen-bond acceptors (Lipinski definition) is 2. The van der Waals surface area contributed by atoms with Crippen LogP contribution in [0.5, 0.6) is 5.75 Å². The molecular formula is C16H25NO. The van der Waals surface area contributed by atoms with E-state index in [4.69, 9.17) is 10.5 Å². The van der Waals surface area contributed by atoms with Crippen molar-refractivity contribution in [2.75, 3.05) is 7.11 Å². The Morgan fingerprint density at radius 1 is 1.28 bits per heavy atom. The minimum Gasteiger partial charge on any atom is -0.497 e. The highest BCUT2D eigenvalue weighted by Gasteiger charge is 2.34. The molecule has 2 nitrogen and oxygen atoms in total. The third-order valence-corrected chi connectivity index (χ3v) is 4.01. The Labute approximate surface area is 111 Å². The third-order valence-electron chi connectivity index (χ3n) is 4.01. The first-order chi connectivity index (χ1) is 8.50. The lowest BCUT2D eigenvalue weighted by Crippen LogP contribution is -2.48. The van der Waals surface area contributed by atoms with E-state index in [9.17, 15) is 0 Å². The Balaban J connectivity index is 2.11. The summed E-state index contributed by atoms with van der Waals surface area (Å²) in [6, 6.07) is 8.30. The minimum absolute atomic E-state index is 0.0382. The predicted octanol–water partition coefficient (Wildman–Crippen LogP) is 3.39. The van der Waals surface area contributed by atoms with E-state index < -0.39 is 0 Å². The molecule has 1 aromatic rings. The molecule has 0 bridgehead atoms. The van der Waals surface area contributed by atoms with Crippen molar-refractivity contribution in [2.45, 2.75) is 45.1 Å². The molecule has 2 atom stereocenters. The number of ether oxygens (including phenoxy) is 1. The molecule has 0 radical (unpaired) electrons. The van der Waals surface area contributed by atoms with Crippen molar-refractivity contribution in [1.29, 1.82) is 0 Å². The van der Waals surface area contributed by atoms with Crippen LogP contribution >= 0.6 is 0 Å². The topological polar surface area (TPSA) is 35.2 Å². The van der Waals surface area contributed by atoms with E-state index in [-0.39, 0.29) is 5.54 Å². The highest BCUT2D eigenvalue weighted by molar-refractivity contribution is 5.29. The minimum atomic E-state index is -0.0382. The molecule has 1 aromatic carbocycles. The third kappa shape index (κ3) is 3.26. The van der Waals surface area contributed by atoms with E-state index in [1.54, 1.807) is 7.11 Å². The summed E-state index contributed by atoms with van der Waals surface area (Å²) in [6.45, 7) is 4.64. The molecule has 1 aliphatic carbocycles. The van der Waals surface area contributed by atoms with Gasteiger partial charge in [0.05, 0.1) is 7.11 Å². The fraction of sp³-hybridized carbons (Fsp3) is 0.625. The zero-order valence-corrected chi connectivity index (χ0v) is 11.8. The molecule has 1 aliphatic rings. The standard InChI is InChI=1S/C16H25NO/c1-12-7-13(2)10-16(17,9-12)11-14-5-4-6-15(8-14)18-3/h4-6,8,12-13H,7,9-11,17H2,1-3H3. The lowest BCUT2D eigenvalue weighted by molar-refractivity contribution is 0.182. The number of benzene rings is 1. The highest BCUT2D eigenvalue weighted by Crippen LogP contribution is 2.36. The fourth-order valence-corrected chi connectivity index (χ4v) is 3.66. The largest absolute Gasteiger partial charge is 0.497 e. The van der Waals surface area contributed by atoms with Crippen LogP contribution in [0.25, 0.3) is 0 Å². The Morgan fingerprint density at radius 3 is 2.56 bits per heavy atom. The molecule has 0 aliphatic heterocycles. The summed E-state index contributed by atoms with van der Waals surface area (Å²) in [6.07, 6.45) is 4.54. The van der Waals surface area contributed by atoms with Crippen molar-refractivity contribution in [1.82, 2.24) is 0 Å². The van der Waals surface area contributed by atoms with Crippen molar-refractivity contribution < 1.29 is 4.74 Å². The van der Waals surface area contributed by atoms with Crippen LogP contribution in [0, 0.1) is 11.8 Å². The first-order valence-electron chi connectivity index (χ1n) is 6.92. The van der Waals surface area contributed by atoms with Gasteiger partial charge >= 0.3 is 0 Å². The van der Waals surface area contributed by atoms with E-state index in [0.29, 0.717) is 0 Å². The van der Waals surface area contributed by atoms with E-state index in [0.717, 1.165) is 36.8 Å². The van der Waals surface area contributed by atoms with E-state index in [1.165, 1.54) is 12.0 Å². The van der Waals surface area contributed by atoms with Gasteiger partial charge in [-0.25, -0.2) is 0 Å². The highest BCUT2D eigenvalue weighted by atomic mass is 16.5. The molecule has 0 aromatic heterocycles. The molecule has 0 spiro atoms. The van der Waals surface area contributed by atoms with Gasteiger partial charge in [0.25, 0.3) is 0 Å². The molecule has 0 heterocycles. The number of methoxy groups -OCH3 is 1. The summed E-state index contributed by atoms with van der Waals surface area (Å²) in [5.41, 5.74) is 7.87. The van der Waals surface area contributed by atoms with Crippen LogP contribution in [-0.2, 0) is 6.42 Å². The summed E-state index contributed by atoms with van der Waals surface area (Å²) in [7, 11) is 1.71. The van der Waals surface area contributed by atoms with Crippen LogP contribution < -0.4 is 10.5 Å². The smallest absolute Gasteiger partial charge is 0.119 e. The number of hydrogen-bond donors (Lipinski definition) is 1. The van der Waals surface area contributed by atoms with Gasteiger partial charge in [-0.2, -0.15) is 0 Å². The quantitative estimate of drug-likeness (QED) is 0.888. The van der Waals surface area contributed by atoms with Gasteiger partial charge in [-0.15, -0.1) is 0 Å². The number of rotatable bonds is 3. The van der Waals surface area contributed by atoms with E-state index >= 15 is 0 Å². The first kappa shape index (κ1) is 13.4. The Kier molecular flexibility index (Phi) is 3.96. The molecule has 2 heteroatoms. The second-order valence-corrected chi connectivity index (χ2v) is 6.24. The van der Waals surface area contributed by atoms with Gasteiger partial charge in [-0.1, -0.05) is 26.0 Å². The summed E-state index contributed by atoms with van der Waals surface area (Å²) < 4.78 is 5.28. The monoisotopic (exact) mass is 247 g/mol. The summed E-state index contributed by atoms with van der Waals surface area (Å²) >= 11 is 0. The second kappa shape index (κ2) is 5.31. The van der Waals surface area contributed by atoms with Crippen molar-refractivity contribution in [3.63, 3.8) is 0 Å². The molecule has 100 valence electrons. The molecule has 2 N–H and O–H groups in total. The van der Waals surface area contributed by atoms with Gasteiger partial charge in [0, 0.05) is 5.54 Å². The number of nitrogens with two attached hydrogens (primary N) is 1. The Morgan fingerprint density at radius 2 is 1.94 bits per heavy atom. The van der Waals surface area contributed by atoms with Crippen LogP contribution in [0.3, 0.4) is 0 Å². The van der Waals surface area contributed by atoms with Crippen LogP contribution in [-0.4, -0.2) is 12.6 Å². The summed E-state index contributed by atoms with van der Waals surface area (Å²) in [4.78, 5) is 0. The molecule has 0 amide bonds. The Hall–Kier alpha value is -1.02. The first-order valence-corrected chi connectivity index (χ1v) is 6.92. The maximum Gasteiger partial charge on any atom is 0.119 e. The van der Waals surface area contributed by atoms with Gasteiger partial charge in [0.2, 0.25) is 0 Å².